The first kappa shape index (κ1) is 23.4. The highest BCUT2D eigenvalue weighted by Crippen LogP contribution is 2.40. The van der Waals surface area contributed by atoms with Gasteiger partial charge in [-0.25, -0.2) is 9.78 Å². The summed E-state index contributed by atoms with van der Waals surface area (Å²) in [6, 6.07) is 14.9. The number of hydrogen-bond donors (Lipinski definition) is 1. The summed E-state index contributed by atoms with van der Waals surface area (Å²) in [5, 5.41) is 9.70. The van der Waals surface area contributed by atoms with Crippen LogP contribution in [0.5, 0.6) is 0 Å². The van der Waals surface area contributed by atoms with Crippen LogP contribution in [-0.4, -0.2) is 45.3 Å². The predicted octanol–water partition coefficient (Wildman–Crippen LogP) is 5.32. The van der Waals surface area contributed by atoms with Crippen LogP contribution in [0.3, 0.4) is 0 Å². The van der Waals surface area contributed by atoms with Gasteiger partial charge in [-0.15, -0.1) is 0 Å². The number of rotatable bonds is 5. The van der Waals surface area contributed by atoms with Gasteiger partial charge in [0.15, 0.2) is 0 Å². The monoisotopic (exact) mass is 475 g/mol. The molecule has 1 aromatic heterocycles. The van der Waals surface area contributed by atoms with Gasteiger partial charge in [-0.3, -0.25) is 4.79 Å². The zero-order valence-corrected chi connectivity index (χ0v) is 20.4. The van der Waals surface area contributed by atoms with E-state index in [2.05, 4.69) is 47.9 Å². The lowest BCUT2D eigenvalue weighted by molar-refractivity contribution is -0.143. The highest BCUT2D eigenvalue weighted by molar-refractivity contribution is 5.82. The van der Waals surface area contributed by atoms with Crippen molar-refractivity contribution in [1.82, 2.24) is 14.5 Å². The average molecular weight is 476 g/mol. The minimum atomic E-state index is -0.708. The lowest BCUT2D eigenvalue weighted by Gasteiger charge is -2.28. The van der Waals surface area contributed by atoms with E-state index >= 15 is 0 Å². The fourth-order valence-electron chi connectivity index (χ4n) is 5.94. The first-order valence-corrected chi connectivity index (χ1v) is 12.6. The molecule has 0 radical (unpaired) electrons. The summed E-state index contributed by atoms with van der Waals surface area (Å²) in [5.74, 6) is 0.0559. The van der Waals surface area contributed by atoms with Gasteiger partial charge < -0.3 is 19.3 Å². The van der Waals surface area contributed by atoms with Crippen molar-refractivity contribution in [2.24, 2.45) is 5.92 Å². The van der Waals surface area contributed by atoms with Crippen molar-refractivity contribution in [2.75, 3.05) is 13.7 Å². The normalized spacial score (nSPS) is 20.9. The Hall–Kier alpha value is -3.35. The largest absolute Gasteiger partial charge is 0.481 e. The molecule has 1 fully saturated rings. The predicted molar refractivity (Wildman–Crippen MR) is 133 cm³/mol. The maximum atomic E-state index is 12.3. The van der Waals surface area contributed by atoms with Gasteiger partial charge in [0, 0.05) is 24.1 Å². The molecule has 184 valence electrons. The number of carboxylic acid groups (broad SMARTS) is 1. The first-order valence-electron chi connectivity index (χ1n) is 12.6. The number of aromatic nitrogens is 2. The van der Waals surface area contributed by atoms with E-state index in [0.29, 0.717) is 19.5 Å². The SMILES string of the molecule is COC(=O)N1CCc2ccc3c(nc([C@H]4CCC[C@H](C(=O)O)C4)n3[C@@H](C)Cc3ccccc3)c2C1. The molecule has 3 atom stereocenters. The van der Waals surface area contributed by atoms with Gasteiger partial charge in [-0.1, -0.05) is 42.8 Å². The van der Waals surface area contributed by atoms with E-state index in [0.717, 1.165) is 54.5 Å². The maximum absolute atomic E-state index is 12.3. The summed E-state index contributed by atoms with van der Waals surface area (Å²) in [6.07, 6.45) is 4.50. The Balaban J connectivity index is 1.60. The lowest BCUT2D eigenvalue weighted by atomic mass is 9.81. The highest BCUT2D eigenvalue weighted by atomic mass is 16.5. The van der Waals surface area contributed by atoms with E-state index in [9.17, 15) is 14.7 Å². The second kappa shape index (κ2) is 9.72. The van der Waals surface area contributed by atoms with Crippen LogP contribution >= 0.6 is 0 Å². The fourth-order valence-corrected chi connectivity index (χ4v) is 5.94. The number of ether oxygens (including phenoxy) is 1. The molecule has 1 saturated carbocycles. The zero-order valence-electron chi connectivity index (χ0n) is 20.4. The number of nitrogens with zero attached hydrogens (tertiary/aromatic N) is 3. The minimum absolute atomic E-state index is 0.103. The van der Waals surface area contributed by atoms with E-state index < -0.39 is 5.97 Å². The van der Waals surface area contributed by atoms with Gasteiger partial charge in [-0.2, -0.15) is 0 Å². The molecule has 0 saturated heterocycles. The molecule has 1 aliphatic carbocycles. The van der Waals surface area contributed by atoms with E-state index in [1.807, 2.05) is 6.07 Å². The summed E-state index contributed by atoms with van der Waals surface area (Å²) < 4.78 is 7.33. The van der Waals surface area contributed by atoms with Crippen LogP contribution < -0.4 is 0 Å². The summed E-state index contributed by atoms with van der Waals surface area (Å²) in [6.45, 7) is 3.33. The molecule has 35 heavy (non-hydrogen) atoms. The number of hydrogen-bond acceptors (Lipinski definition) is 4. The Morgan fingerprint density at radius 1 is 1.17 bits per heavy atom. The van der Waals surface area contributed by atoms with Crippen LogP contribution in [0.25, 0.3) is 11.0 Å². The van der Waals surface area contributed by atoms with Crippen LogP contribution in [0.1, 0.15) is 67.1 Å². The Morgan fingerprint density at radius 3 is 2.71 bits per heavy atom. The number of aliphatic carboxylic acids is 1. The van der Waals surface area contributed by atoms with E-state index in [-0.39, 0.29) is 24.0 Å². The number of carboxylic acids is 1. The molecule has 1 aliphatic heterocycles. The number of carbonyl (C=O) groups is 2. The number of carbonyl (C=O) groups excluding carboxylic acids is 1. The molecule has 1 N–H and O–H groups in total. The van der Waals surface area contributed by atoms with Crippen molar-refractivity contribution in [3.63, 3.8) is 0 Å². The Labute approximate surface area is 205 Å². The van der Waals surface area contributed by atoms with E-state index in [1.54, 1.807) is 4.90 Å². The number of amides is 1. The molecule has 2 heterocycles. The molecule has 2 aliphatic rings. The zero-order chi connectivity index (χ0) is 24.5. The van der Waals surface area contributed by atoms with Crippen molar-refractivity contribution >= 4 is 23.1 Å². The third-order valence-electron chi connectivity index (χ3n) is 7.73. The van der Waals surface area contributed by atoms with Gasteiger partial charge in [0.2, 0.25) is 0 Å². The molecule has 1 amide bonds. The molecule has 7 heteroatoms. The fraction of sp³-hybridized carbons (Fsp3) is 0.464. The van der Waals surface area contributed by atoms with E-state index in [4.69, 9.17) is 9.72 Å². The van der Waals surface area contributed by atoms with Gasteiger partial charge in [0.1, 0.15) is 5.82 Å². The molecule has 5 rings (SSSR count). The quantitative estimate of drug-likeness (QED) is 0.540. The molecule has 0 bridgehead atoms. The standard InChI is InChI=1S/C28H33N3O4/c1-18(15-19-7-4-3-5-8-19)31-24-12-11-20-13-14-30(28(34)35-2)17-23(20)25(24)29-26(31)21-9-6-10-22(16-21)27(32)33/h3-5,7-8,11-12,18,21-22H,6,9-10,13-17H2,1-2H3,(H,32,33)/t18-,21-,22-/m0/s1. The topological polar surface area (TPSA) is 84.7 Å². The second-order valence-electron chi connectivity index (χ2n) is 9.99. The second-order valence-corrected chi connectivity index (χ2v) is 9.99. The van der Waals surface area contributed by atoms with Crippen LogP contribution in [-0.2, 0) is 28.9 Å². The smallest absolute Gasteiger partial charge is 0.409 e. The van der Waals surface area contributed by atoms with Crippen LogP contribution in [0.2, 0.25) is 0 Å². The number of imidazole rings is 1. The van der Waals surface area contributed by atoms with Gasteiger partial charge in [0.25, 0.3) is 0 Å². The lowest BCUT2D eigenvalue weighted by Crippen LogP contribution is -2.35. The Morgan fingerprint density at radius 2 is 1.97 bits per heavy atom. The number of methoxy groups -OCH3 is 1. The van der Waals surface area contributed by atoms with Crippen LogP contribution in [0.15, 0.2) is 42.5 Å². The minimum Gasteiger partial charge on any atom is -0.481 e. The summed E-state index contributed by atoms with van der Waals surface area (Å²) in [4.78, 5) is 31.0. The molecule has 3 aromatic rings. The van der Waals surface area contributed by atoms with E-state index in [1.165, 1.54) is 18.2 Å². The molecule has 7 nitrogen and oxygen atoms in total. The summed E-state index contributed by atoms with van der Waals surface area (Å²) >= 11 is 0. The molecule has 0 spiro atoms. The van der Waals surface area contributed by atoms with Gasteiger partial charge >= 0.3 is 12.1 Å². The van der Waals surface area contributed by atoms with Crippen molar-refractivity contribution < 1.29 is 19.4 Å². The third kappa shape index (κ3) is 4.51. The van der Waals surface area contributed by atoms with Crippen molar-refractivity contribution in [1.29, 1.82) is 0 Å². The first-order chi connectivity index (χ1) is 17.0. The Bertz CT molecular complexity index is 1240. The number of benzene rings is 2. The van der Waals surface area contributed by atoms with Crippen molar-refractivity contribution in [3.05, 3.63) is 65.0 Å². The third-order valence-corrected chi connectivity index (χ3v) is 7.73. The van der Waals surface area contributed by atoms with Crippen molar-refractivity contribution in [3.8, 4) is 0 Å². The summed E-state index contributed by atoms with van der Waals surface area (Å²) in [5.41, 5.74) is 5.55. The summed E-state index contributed by atoms with van der Waals surface area (Å²) in [7, 11) is 1.42. The van der Waals surface area contributed by atoms with Gasteiger partial charge in [0.05, 0.1) is 30.6 Å². The molecule has 0 unspecified atom stereocenters. The molecular formula is C28H33N3O4. The molecule has 2 aromatic carbocycles. The Kier molecular flexibility index (Phi) is 6.50. The highest BCUT2D eigenvalue weighted by Gasteiger charge is 2.33. The van der Waals surface area contributed by atoms with Crippen molar-refractivity contribution in [2.45, 2.75) is 64.0 Å². The van der Waals surface area contributed by atoms with Gasteiger partial charge in [-0.05, 0) is 56.2 Å². The number of fused-ring (bicyclic) bond motifs is 3. The maximum Gasteiger partial charge on any atom is 0.409 e. The van der Waals surface area contributed by atoms with Crippen LogP contribution in [0.4, 0.5) is 4.79 Å². The van der Waals surface area contributed by atoms with Crippen LogP contribution in [0, 0.1) is 5.92 Å². The molecular weight excluding hydrogens is 442 g/mol. The average Bonchev–Trinajstić information content (AvgIpc) is 3.29.